The highest BCUT2D eigenvalue weighted by Gasteiger charge is 3.06. The number of hydrogen-bond donors (Lipinski definition) is 6. The lowest BCUT2D eigenvalue weighted by Gasteiger charge is -2.29. The van der Waals surface area contributed by atoms with Crippen LogP contribution in [0.5, 0.6) is 0 Å². The summed E-state index contributed by atoms with van der Waals surface area (Å²) in [5.41, 5.74) is 10.9. The Labute approximate surface area is 262 Å². The highest BCUT2D eigenvalue weighted by atomic mass is 32.7. The van der Waals surface area contributed by atoms with E-state index in [-0.39, 0.29) is 41.2 Å². The second-order valence-electron chi connectivity index (χ2n) is 11.7. The first-order valence-electron chi connectivity index (χ1n) is 13.6. The Kier molecular flexibility index (Phi) is 5.86. The SMILES string of the molecule is Nc1ncnc2c1ncn2[C@@H]1[C@H]2C3[C@@]4(OP(=O)(S)OC[C@H]5O[C@@H](n6cnc7c(N)ncnc76)[C@H](OP(O)(=S)OC[C@@]324)[C@@H]5O)[C@H]1O. The Morgan fingerprint density at radius 2 is 1.64 bits per heavy atom. The van der Waals surface area contributed by atoms with E-state index in [9.17, 15) is 19.7 Å². The second-order valence-corrected chi connectivity index (χ2v) is 17.3. The summed E-state index contributed by atoms with van der Waals surface area (Å²) in [5, 5.41) is 22.9. The number of nitrogen functional groups attached to an aromatic ring is 2. The van der Waals surface area contributed by atoms with Gasteiger partial charge in [-0.2, -0.15) is 0 Å². The van der Waals surface area contributed by atoms with E-state index in [1.165, 1.54) is 29.9 Å². The third-order valence-electron chi connectivity index (χ3n) is 9.71. The number of anilines is 2. The highest BCUT2D eigenvalue weighted by Crippen LogP contribution is 2.98. The molecule has 4 bridgehead atoms. The maximum absolute atomic E-state index is 13.7. The standard InChI is InChI=1S/C22H24N10O9P2S2/c23-16-9-18(27-3-25-16)31(5-29-9)11-8-14-21(8)2-38-42(35,44)40-13-12(33)7(1-37-43(36,45)41-22(14,21)15(11)34)39-20(13)32-6-30-10-17(24)26-4-28-19(10)32/h3-8,11-15,20,33-34H,1-2H2,(H,35,44)(H,36,45)(H2,23,25,27)(H2,24,26,28)/t7-,8+,11-,12-,13-,14?,15+,20-,21+,22-,42?,43?/m1/s1. The van der Waals surface area contributed by atoms with Crippen molar-refractivity contribution in [2.75, 3.05) is 24.7 Å². The smallest absolute Gasteiger partial charge is 0.386 e. The Morgan fingerprint density at radius 3 is 2.33 bits per heavy atom. The predicted molar refractivity (Wildman–Crippen MR) is 158 cm³/mol. The molecule has 12 atom stereocenters. The maximum atomic E-state index is 13.7. The van der Waals surface area contributed by atoms with Crippen LogP contribution in [-0.2, 0) is 39.2 Å². The van der Waals surface area contributed by atoms with Crippen LogP contribution in [0.4, 0.5) is 11.6 Å². The quantitative estimate of drug-likeness (QED) is 0.116. The number of nitrogens with zero attached hydrogens (tertiary/aromatic N) is 8. The van der Waals surface area contributed by atoms with Gasteiger partial charge in [-0.15, -0.1) is 0 Å². The molecule has 6 heterocycles. The van der Waals surface area contributed by atoms with E-state index in [0.717, 1.165) is 0 Å². The Hall–Kier alpha value is -2.39. The van der Waals surface area contributed by atoms with Crippen LogP contribution in [0.15, 0.2) is 25.3 Å². The zero-order valence-electron chi connectivity index (χ0n) is 22.6. The molecule has 0 radical (unpaired) electrons. The lowest BCUT2D eigenvalue weighted by atomic mass is 10.0. The maximum Gasteiger partial charge on any atom is 0.386 e. The molecule has 2 spiro atoms. The first-order valence-corrected chi connectivity index (χ1v) is 18.9. The fourth-order valence-electron chi connectivity index (χ4n) is 7.81. The molecule has 4 aliphatic carbocycles. The molecule has 4 aromatic rings. The summed E-state index contributed by atoms with van der Waals surface area (Å²) >= 11 is 9.62. The summed E-state index contributed by atoms with van der Waals surface area (Å²) in [7, 11) is 0. The number of imidazole rings is 2. The van der Waals surface area contributed by atoms with Crippen molar-refractivity contribution in [2.24, 2.45) is 17.3 Å². The zero-order valence-corrected chi connectivity index (χ0v) is 26.1. The summed E-state index contributed by atoms with van der Waals surface area (Å²) in [6, 6.07) is -0.633. The normalized spacial score (nSPS) is 45.4. The number of hydrogen-bond acceptors (Lipinski definition) is 17. The summed E-state index contributed by atoms with van der Waals surface area (Å²) in [6.45, 7) is -8.99. The van der Waals surface area contributed by atoms with Crippen molar-refractivity contribution in [1.82, 2.24) is 39.0 Å². The Morgan fingerprint density at radius 1 is 1.00 bits per heavy atom. The number of fused-ring (bicyclic) bond motifs is 5. The summed E-state index contributed by atoms with van der Waals surface area (Å²) in [6.07, 6.45) is -0.899. The van der Waals surface area contributed by atoms with Gasteiger partial charge in [0, 0.05) is 11.3 Å². The average Bonchev–Trinajstić information content (AvgIpc) is 3.31. The Bertz CT molecular complexity index is 2020. The molecule has 23 heteroatoms. The van der Waals surface area contributed by atoms with E-state index in [4.69, 9.17) is 46.1 Å². The molecule has 45 heavy (non-hydrogen) atoms. The van der Waals surface area contributed by atoms with Crippen LogP contribution in [0.25, 0.3) is 22.3 Å². The minimum atomic E-state index is -4.21. The molecule has 6 aliphatic rings. The molecule has 238 valence electrons. The van der Waals surface area contributed by atoms with Crippen molar-refractivity contribution < 1.29 is 42.5 Å². The second kappa shape index (κ2) is 9.15. The van der Waals surface area contributed by atoms with Gasteiger partial charge in [0.15, 0.2) is 29.2 Å². The van der Waals surface area contributed by atoms with E-state index in [1.807, 2.05) is 0 Å². The van der Waals surface area contributed by atoms with Crippen LogP contribution in [-0.4, -0.2) is 97.4 Å². The molecule has 3 unspecified atom stereocenters. The van der Waals surface area contributed by atoms with Gasteiger partial charge in [-0.3, -0.25) is 18.1 Å². The Balaban J connectivity index is 1.07. The van der Waals surface area contributed by atoms with E-state index in [0.29, 0.717) is 11.2 Å². The first-order chi connectivity index (χ1) is 21.4. The third-order valence-corrected chi connectivity index (χ3v) is 12.8. The van der Waals surface area contributed by atoms with Crippen molar-refractivity contribution >= 4 is 71.5 Å². The van der Waals surface area contributed by atoms with Gasteiger partial charge in [-0.25, -0.2) is 34.5 Å². The number of thiol groups is 1. The number of nitrogens with two attached hydrogens (primary N) is 2. The van der Waals surface area contributed by atoms with E-state index in [2.05, 4.69) is 42.2 Å². The molecule has 4 aromatic heterocycles. The van der Waals surface area contributed by atoms with Crippen LogP contribution in [0.1, 0.15) is 12.3 Å². The molecular weight excluding hydrogens is 674 g/mol. The van der Waals surface area contributed by atoms with Gasteiger partial charge < -0.3 is 40.4 Å². The lowest BCUT2D eigenvalue weighted by Crippen LogP contribution is -2.37. The third kappa shape index (κ3) is 3.71. The largest absolute Gasteiger partial charge is 0.388 e. The van der Waals surface area contributed by atoms with Crippen molar-refractivity contribution in [3.8, 4) is 0 Å². The minimum absolute atomic E-state index is 0.117. The van der Waals surface area contributed by atoms with Crippen molar-refractivity contribution in [3.05, 3.63) is 25.3 Å². The van der Waals surface area contributed by atoms with E-state index >= 15 is 0 Å². The summed E-state index contributed by atoms with van der Waals surface area (Å²) in [4.78, 5) is 36.2. The van der Waals surface area contributed by atoms with E-state index < -0.39 is 67.8 Å². The number of aliphatic hydroxyl groups excluding tert-OH is 2. The highest BCUT2D eigenvalue weighted by molar-refractivity contribution is 8.44. The fraction of sp³-hybridized carbons (Fsp3) is 0.545. The molecular formula is C22H24N10O9P2S2. The summed E-state index contributed by atoms with van der Waals surface area (Å²) < 4.78 is 46.4. The van der Waals surface area contributed by atoms with Crippen molar-refractivity contribution in [3.63, 3.8) is 0 Å². The van der Waals surface area contributed by atoms with Crippen LogP contribution in [0.2, 0.25) is 0 Å². The molecule has 10 rings (SSSR count). The van der Waals surface area contributed by atoms with Gasteiger partial charge in [0.1, 0.15) is 53.7 Å². The molecule has 7 N–H and O–H groups in total. The number of rotatable bonds is 2. The van der Waals surface area contributed by atoms with Gasteiger partial charge in [-0.1, -0.05) is 12.2 Å². The average molecular weight is 699 g/mol. The van der Waals surface area contributed by atoms with Crippen LogP contribution >= 0.6 is 25.8 Å². The molecule has 2 saturated heterocycles. The first kappa shape index (κ1) is 28.8. The van der Waals surface area contributed by atoms with Crippen molar-refractivity contribution in [1.29, 1.82) is 0 Å². The van der Waals surface area contributed by atoms with E-state index in [1.54, 1.807) is 4.57 Å². The van der Waals surface area contributed by atoms with Gasteiger partial charge in [0.25, 0.3) is 0 Å². The predicted octanol–water partition coefficient (Wildman–Crippen LogP) is -0.307. The van der Waals surface area contributed by atoms with Gasteiger partial charge in [-0.05, 0) is 17.7 Å². The van der Waals surface area contributed by atoms with Gasteiger partial charge in [0.2, 0.25) is 0 Å². The molecule has 2 aliphatic heterocycles. The molecule has 0 aromatic carbocycles. The topological polar surface area (TPSA) is 263 Å². The van der Waals surface area contributed by atoms with Crippen LogP contribution in [0, 0.1) is 17.3 Å². The number of ether oxygens (including phenoxy) is 1. The van der Waals surface area contributed by atoms with Crippen LogP contribution in [0.3, 0.4) is 0 Å². The molecule has 6 fully saturated rings. The molecule has 4 saturated carbocycles. The van der Waals surface area contributed by atoms with Crippen molar-refractivity contribution in [2.45, 2.75) is 42.3 Å². The monoisotopic (exact) mass is 698 g/mol. The van der Waals surface area contributed by atoms with Gasteiger partial charge in [0.05, 0.1) is 31.9 Å². The van der Waals surface area contributed by atoms with Gasteiger partial charge >= 0.3 is 13.5 Å². The molecule has 19 nitrogen and oxygen atoms in total. The zero-order chi connectivity index (χ0) is 31.3. The summed E-state index contributed by atoms with van der Waals surface area (Å²) in [5.74, 6) is -0.327. The van der Waals surface area contributed by atoms with Crippen LogP contribution < -0.4 is 11.5 Å². The number of aliphatic hydroxyl groups is 2. The fourth-order valence-corrected chi connectivity index (χ4v) is 11.0. The number of aromatic nitrogens is 8. The molecule has 0 amide bonds. The minimum Gasteiger partial charge on any atom is -0.388 e. The lowest BCUT2D eigenvalue weighted by molar-refractivity contribution is -0.0564.